The number of hydrogen-bond acceptors (Lipinski definition) is 2. The molecule has 14 heavy (non-hydrogen) atoms. The van der Waals surface area contributed by atoms with E-state index in [0.717, 1.165) is 6.54 Å². The Labute approximate surface area is 90.8 Å². The molecule has 0 fully saturated rings. The summed E-state index contributed by atoms with van der Waals surface area (Å²) in [6.07, 6.45) is 2.17. The van der Waals surface area contributed by atoms with E-state index >= 15 is 0 Å². The van der Waals surface area contributed by atoms with E-state index in [1.807, 2.05) is 0 Å². The molecule has 0 unspecified atom stereocenters. The van der Waals surface area contributed by atoms with Gasteiger partial charge in [0.25, 0.3) is 0 Å². The third-order valence-corrected chi connectivity index (χ3v) is 2.66. The largest absolute Gasteiger partial charge is 0.306 e. The van der Waals surface area contributed by atoms with E-state index in [-0.39, 0.29) is 0 Å². The number of likely N-dealkylation sites (N-methyl/N-ethyl adjacent to an activating group) is 1. The van der Waals surface area contributed by atoms with E-state index in [1.54, 1.807) is 11.8 Å². The third-order valence-electron chi connectivity index (χ3n) is 1.79. The van der Waals surface area contributed by atoms with Crippen LogP contribution in [0.15, 0.2) is 40.6 Å². The average molecular weight is 207 g/mol. The maximum Gasteiger partial charge on any atom is 0.0165 e. The van der Waals surface area contributed by atoms with E-state index in [2.05, 4.69) is 61.7 Å². The summed E-state index contributed by atoms with van der Waals surface area (Å²) in [5, 5.41) is 2.14. The predicted octanol–water partition coefficient (Wildman–Crippen LogP) is 3.16. The number of nitrogens with zero attached hydrogens (tertiary/aromatic N) is 1. The molecule has 1 aromatic carbocycles. The molecule has 0 radical (unpaired) electrons. The van der Waals surface area contributed by atoms with Gasteiger partial charge in [-0.15, -0.1) is 0 Å². The lowest BCUT2D eigenvalue weighted by molar-refractivity contribution is 0.457. The minimum atomic E-state index is 0.999. The summed E-state index contributed by atoms with van der Waals surface area (Å²) >= 11 is 1.76. The zero-order chi connectivity index (χ0) is 10.4. The van der Waals surface area contributed by atoms with E-state index in [1.165, 1.54) is 10.5 Å². The minimum absolute atomic E-state index is 0.999. The highest BCUT2D eigenvalue weighted by Gasteiger charge is 1.89. The summed E-state index contributed by atoms with van der Waals surface area (Å²) < 4.78 is 0. The van der Waals surface area contributed by atoms with Gasteiger partial charge in [-0.05, 0) is 38.6 Å². The molecule has 0 atom stereocenters. The van der Waals surface area contributed by atoms with Crippen LogP contribution in [0.5, 0.6) is 0 Å². The fraction of sp³-hybridized carbons (Fsp3) is 0.333. The summed E-state index contributed by atoms with van der Waals surface area (Å²) in [7, 11) is 4.14. The van der Waals surface area contributed by atoms with Crippen LogP contribution in [0.3, 0.4) is 0 Å². The first-order chi connectivity index (χ1) is 6.68. The zero-order valence-electron chi connectivity index (χ0n) is 9.03. The molecule has 0 heterocycles. The van der Waals surface area contributed by atoms with Crippen LogP contribution in [0, 0.1) is 6.92 Å². The smallest absolute Gasteiger partial charge is 0.0165 e. The van der Waals surface area contributed by atoms with Gasteiger partial charge in [-0.1, -0.05) is 35.5 Å². The molecule has 0 saturated carbocycles. The highest BCUT2D eigenvalue weighted by atomic mass is 32.2. The maximum absolute atomic E-state index is 2.17. The number of thioether (sulfide) groups is 1. The van der Waals surface area contributed by atoms with Crippen LogP contribution < -0.4 is 0 Å². The lowest BCUT2D eigenvalue weighted by Crippen LogP contribution is -2.10. The van der Waals surface area contributed by atoms with Gasteiger partial charge in [-0.3, -0.25) is 0 Å². The first kappa shape index (κ1) is 11.3. The van der Waals surface area contributed by atoms with Crippen molar-refractivity contribution in [2.45, 2.75) is 11.8 Å². The molecule has 1 aromatic rings. The topological polar surface area (TPSA) is 3.24 Å². The van der Waals surface area contributed by atoms with Crippen molar-refractivity contribution in [2.24, 2.45) is 0 Å². The van der Waals surface area contributed by atoms with Crippen LogP contribution >= 0.6 is 11.8 Å². The molecule has 1 nitrogen and oxygen atoms in total. The van der Waals surface area contributed by atoms with Crippen molar-refractivity contribution >= 4 is 11.8 Å². The monoisotopic (exact) mass is 207 g/mol. The van der Waals surface area contributed by atoms with Crippen LogP contribution in [-0.2, 0) is 0 Å². The number of aryl methyl sites for hydroxylation is 1. The van der Waals surface area contributed by atoms with E-state index < -0.39 is 0 Å². The summed E-state index contributed by atoms with van der Waals surface area (Å²) in [5.41, 5.74) is 1.31. The molecule has 76 valence electrons. The van der Waals surface area contributed by atoms with E-state index in [4.69, 9.17) is 0 Å². The molecular weight excluding hydrogens is 190 g/mol. The number of benzene rings is 1. The molecular formula is C12H17NS. The Hall–Kier alpha value is -0.730. The van der Waals surface area contributed by atoms with Gasteiger partial charge in [0.05, 0.1) is 0 Å². The Bertz CT molecular complexity index is 288. The van der Waals surface area contributed by atoms with Crippen LogP contribution in [0.2, 0.25) is 0 Å². The van der Waals surface area contributed by atoms with Gasteiger partial charge < -0.3 is 4.90 Å². The lowest BCUT2D eigenvalue weighted by atomic mass is 10.2. The second kappa shape index (κ2) is 5.89. The average Bonchev–Trinajstić information content (AvgIpc) is 2.15. The quantitative estimate of drug-likeness (QED) is 0.698. The Morgan fingerprint density at radius 3 is 2.43 bits per heavy atom. The maximum atomic E-state index is 2.17. The second-order valence-corrected chi connectivity index (χ2v) is 4.54. The predicted molar refractivity (Wildman–Crippen MR) is 64.7 cm³/mol. The molecule has 2 heteroatoms. The Morgan fingerprint density at radius 2 is 1.86 bits per heavy atom. The normalized spacial score (nSPS) is 11.4. The molecule has 0 bridgehead atoms. The highest BCUT2D eigenvalue weighted by molar-refractivity contribution is 8.02. The molecule has 0 aliphatic heterocycles. The third kappa shape index (κ3) is 4.49. The summed E-state index contributed by atoms with van der Waals surface area (Å²) in [6, 6.07) is 8.59. The van der Waals surface area contributed by atoms with E-state index in [0.29, 0.717) is 0 Å². The van der Waals surface area contributed by atoms with Crippen molar-refractivity contribution in [1.82, 2.24) is 4.90 Å². The molecule has 0 aliphatic rings. The van der Waals surface area contributed by atoms with Crippen LogP contribution in [0.25, 0.3) is 0 Å². The summed E-state index contributed by atoms with van der Waals surface area (Å²) in [5.74, 6) is 0. The molecule has 0 spiro atoms. The first-order valence-electron chi connectivity index (χ1n) is 4.71. The van der Waals surface area contributed by atoms with Crippen molar-refractivity contribution in [1.29, 1.82) is 0 Å². The lowest BCUT2D eigenvalue weighted by Gasteiger charge is -2.03. The van der Waals surface area contributed by atoms with Crippen molar-refractivity contribution in [2.75, 3.05) is 20.6 Å². The fourth-order valence-electron chi connectivity index (χ4n) is 0.997. The molecule has 1 rings (SSSR count). The molecule has 0 N–H and O–H groups in total. The number of hydrogen-bond donors (Lipinski definition) is 0. The van der Waals surface area contributed by atoms with Gasteiger partial charge >= 0.3 is 0 Å². The SMILES string of the molecule is Cc1ccc(S/C=C/CN(C)C)cc1. The van der Waals surface area contributed by atoms with Gasteiger partial charge in [0.15, 0.2) is 0 Å². The zero-order valence-corrected chi connectivity index (χ0v) is 9.84. The summed E-state index contributed by atoms with van der Waals surface area (Å²) in [6.45, 7) is 3.11. The van der Waals surface area contributed by atoms with Gasteiger partial charge in [-0.2, -0.15) is 0 Å². The fourth-order valence-corrected chi connectivity index (χ4v) is 1.63. The highest BCUT2D eigenvalue weighted by Crippen LogP contribution is 2.18. The van der Waals surface area contributed by atoms with Crippen molar-refractivity contribution in [3.05, 3.63) is 41.3 Å². The Balaban J connectivity index is 2.38. The molecule has 0 amide bonds. The Morgan fingerprint density at radius 1 is 1.21 bits per heavy atom. The number of rotatable bonds is 4. The van der Waals surface area contributed by atoms with Gasteiger partial charge in [0.1, 0.15) is 0 Å². The van der Waals surface area contributed by atoms with E-state index in [9.17, 15) is 0 Å². The molecule has 0 saturated heterocycles. The standard InChI is InChI=1S/C12H17NS/c1-11-5-7-12(8-6-11)14-10-4-9-13(2)3/h4-8,10H,9H2,1-3H3/b10-4+. The van der Waals surface area contributed by atoms with Gasteiger partial charge in [0.2, 0.25) is 0 Å². The minimum Gasteiger partial charge on any atom is -0.306 e. The van der Waals surface area contributed by atoms with Crippen molar-refractivity contribution < 1.29 is 0 Å². The van der Waals surface area contributed by atoms with Crippen molar-refractivity contribution in [3.63, 3.8) is 0 Å². The van der Waals surface area contributed by atoms with Crippen LogP contribution in [0.1, 0.15) is 5.56 Å². The van der Waals surface area contributed by atoms with Gasteiger partial charge in [-0.25, -0.2) is 0 Å². The van der Waals surface area contributed by atoms with Crippen LogP contribution in [0.4, 0.5) is 0 Å². The first-order valence-corrected chi connectivity index (χ1v) is 5.59. The molecule has 0 aromatic heterocycles. The molecule has 0 aliphatic carbocycles. The van der Waals surface area contributed by atoms with Crippen LogP contribution in [-0.4, -0.2) is 25.5 Å². The van der Waals surface area contributed by atoms with Gasteiger partial charge in [0, 0.05) is 11.4 Å². The Kier molecular flexibility index (Phi) is 4.77. The second-order valence-electron chi connectivity index (χ2n) is 3.56. The summed E-state index contributed by atoms with van der Waals surface area (Å²) in [4.78, 5) is 3.44. The van der Waals surface area contributed by atoms with Crippen molar-refractivity contribution in [3.8, 4) is 0 Å².